The first-order valence-electron chi connectivity index (χ1n) is 8.66. The van der Waals surface area contributed by atoms with Crippen molar-refractivity contribution in [3.8, 4) is 5.75 Å². The second kappa shape index (κ2) is 7.81. The number of pyridine rings is 1. The first kappa shape index (κ1) is 17.0. The quantitative estimate of drug-likeness (QED) is 0.848. The maximum Gasteiger partial charge on any atom is 0.252 e. The molecule has 5 heteroatoms. The van der Waals surface area contributed by atoms with Gasteiger partial charge in [0.2, 0.25) is 0 Å². The predicted octanol–water partition coefficient (Wildman–Crippen LogP) is 2.93. The number of H-pyrrole nitrogens is 1. The van der Waals surface area contributed by atoms with Gasteiger partial charge in [-0.3, -0.25) is 4.79 Å². The van der Waals surface area contributed by atoms with E-state index in [1.807, 2.05) is 24.3 Å². The lowest BCUT2D eigenvalue weighted by Crippen LogP contribution is -2.25. The third-order valence-electron chi connectivity index (χ3n) is 4.66. The summed E-state index contributed by atoms with van der Waals surface area (Å²) in [6.45, 7) is 2.53. The van der Waals surface area contributed by atoms with Crippen LogP contribution in [0.25, 0.3) is 10.9 Å². The van der Waals surface area contributed by atoms with Crippen LogP contribution in [0.15, 0.2) is 29.1 Å². The van der Waals surface area contributed by atoms with Gasteiger partial charge in [-0.2, -0.15) is 0 Å². The molecule has 0 unspecified atom stereocenters. The zero-order chi connectivity index (χ0) is 16.9. The number of rotatable bonds is 7. The summed E-state index contributed by atoms with van der Waals surface area (Å²) < 4.78 is 10.9. The van der Waals surface area contributed by atoms with E-state index in [-0.39, 0.29) is 5.56 Å². The average molecular weight is 330 g/mol. The van der Waals surface area contributed by atoms with E-state index in [0.29, 0.717) is 12.6 Å². The Morgan fingerprint density at radius 1 is 1.38 bits per heavy atom. The minimum Gasteiger partial charge on any atom is -0.497 e. The van der Waals surface area contributed by atoms with Crippen molar-refractivity contribution in [3.63, 3.8) is 0 Å². The molecular formula is C19H26N2O3. The molecule has 3 rings (SSSR count). The molecule has 24 heavy (non-hydrogen) atoms. The molecule has 1 aliphatic heterocycles. The molecule has 0 amide bonds. The maximum absolute atomic E-state index is 12.3. The average Bonchev–Trinajstić information content (AvgIpc) is 3.08. The van der Waals surface area contributed by atoms with Gasteiger partial charge in [0.25, 0.3) is 5.56 Å². The SMILES string of the molecule is COc1ccc2[nH]c(=O)c(CN(C)CCC[C@@H]3CCCO3)cc2c1. The molecule has 1 N–H and O–H groups in total. The molecule has 0 aliphatic carbocycles. The highest BCUT2D eigenvalue weighted by Gasteiger charge is 2.15. The Hall–Kier alpha value is -1.85. The Balaban J connectivity index is 1.62. The molecule has 1 aromatic carbocycles. The highest BCUT2D eigenvalue weighted by atomic mass is 16.5. The van der Waals surface area contributed by atoms with Crippen LogP contribution >= 0.6 is 0 Å². The van der Waals surface area contributed by atoms with Gasteiger partial charge in [-0.25, -0.2) is 0 Å². The number of fused-ring (bicyclic) bond motifs is 1. The summed E-state index contributed by atoms with van der Waals surface area (Å²) in [5.41, 5.74) is 1.61. The number of hydrogen-bond acceptors (Lipinski definition) is 4. The van der Waals surface area contributed by atoms with Crippen molar-refractivity contribution in [1.82, 2.24) is 9.88 Å². The van der Waals surface area contributed by atoms with Crippen molar-refractivity contribution in [2.75, 3.05) is 27.3 Å². The van der Waals surface area contributed by atoms with E-state index in [4.69, 9.17) is 9.47 Å². The number of aromatic nitrogens is 1. The van der Waals surface area contributed by atoms with E-state index in [1.165, 1.54) is 12.8 Å². The van der Waals surface area contributed by atoms with E-state index in [2.05, 4.69) is 16.9 Å². The Kier molecular flexibility index (Phi) is 5.53. The molecule has 0 saturated carbocycles. The molecule has 0 spiro atoms. The standard InChI is InChI=1S/C19H26N2O3/c1-21(9-3-5-16-6-4-10-24-16)13-15-11-14-12-17(23-2)7-8-18(14)20-19(15)22/h7-8,11-12,16H,3-6,9-10,13H2,1-2H3,(H,20,22)/t16-/m1/s1. The topological polar surface area (TPSA) is 54.6 Å². The summed E-state index contributed by atoms with van der Waals surface area (Å²) in [6, 6.07) is 7.65. The van der Waals surface area contributed by atoms with Crippen LogP contribution in [0.4, 0.5) is 0 Å². The Morgan fingerprint density at radius 2 is 2.25 bits per heavy atom. The second-order valence-corrected chi connectivity index (χ2v) is 6.59. The fourth-order valence-electron chi connectivity index (χ4n) is 3.31. The summed E-state index contributed by atoms with van der Waals surface area (Å²) in [4.78, 5) is 17.4. The summed E-state index contributed by atoms with van der Waals surface area (Å²) >= 11 is 0. The lowest BCUT2D eigenvalue weighted by Gasteiger charge is -2.17. The molecule has 1 saturated heterocycles. The van der Waals surface area contributed by atoms with Crippen LogP contribution in [0.3, 0.4) is 0 Å². The van der Waals surface area contributed by atoms with Crippen LogP contribution in [-0.4, -0.2) is 43.3 Å². The number of methoxy groups -OCH3 is 1. The van der Waals surface area contributed by atoms with Crippen molar-refractivity contribution in [1.29, 1.82) is 0 Å². The zero-order valence-corrected chi connectivity index (χ0v) is 14.5. The third kappa shape index (κ3) is 4.16. The Bertz CT molecular complexity index is 735. The number of aromatic amines is 1. The van der Waals surface area contributed by atoms with Gasteiger partial charge < -0.3 is 19.4 Å². The van der Waals surface area contributed by atoms with Crippen molar-refractivity contribution >= 4 is 10.9 Å². The number of nitrogens with zero attached hydrogens (tertiary/aromatic N) is 1. The molecule has 1 aromatic heterocycles. The molecule has 130 valence electrons. The van der Waals surface area contributed by atoms with E-state index >= 15 is 0 Å². The molecule has 1 aliphatic rings. The lowest BCUT2D eigenvalue weighted by molar-refractivity contribution is 0.0995. The molecule has 2 aromatic rings. The van der Waals surface area contributed by atoms with E-state index in [0.717, 1.165) is 48.2 Å². The van der Waals surface area contributed by atoms with Gasteiger partial charge in [-0.15, -0.1) is 0 Å². The fraction of sp³-hybridized carbons (Fsp3) is 0.526. The van der Waals surface area contributed by atoms with Gasteiger partial charge in [0.05, 0.1) is 13.2 Å². The molecule has 5 nitrogen and oxygen atoms in total. The van der Waals surface area contributed by atoms with Crippen LogP contribution in [0.5, 0.6) is 5.75 Å². The first-order valence-corrected chi connectivity index (χ1v) is 8.66. The van der Waals surface area contributed by atoms with Crippen LogP contribution in [0, 0.1) is 0 Å². The fourth-order valence-corrected chi connectivity index (χ4v) is 3.31. The monoisotopic (exact) mass is 330 g/mol. The van der Waals surface area contributed by atoms with E-state index in [1.54, 1.807) is 7.11 Å². The Labute approximate surface area is 142 Å². The molecule has 1 fully saturated rings. The van der Waals surface area contributed by atoms with E-state index < -0.39 is 0 Å². The maximum atomic E-state index is 12.3. The van der Waals surface area contributed by atoms with Crippen molar-refractivity contribution in [2.24, 2.45) is 0 Å². The van der Waals surface area contributed by atoms with Gasteiger partial charge in [0.1, 0.15) is 5.75 Å². The largest absolute Gasteiger partial charge is 0.497 e. The lowest BCUT2D eigenvalue weighted by atomic mass is 10.1. The summed E-state index contributed by atoms with van der Waals surface area (Å²) in [5.74, 6) is 0.797. The van der Waals surface area contributed by atoms with E-state index in [9.17, 15) is 4.79 Å². The predicted molar refractivity (Wildman–Crippen MR) is 95.7 cm³/mol. The van der Waals surface area contributed by atoms with Crippen molar-refractivity contribution in [3.05, 3.63) is 40.2 Å². The second-order valence-electron chi connectivity index (χ2n) is 6.59. The van der Waals surface area contributed by atoms with Crippen molar-refractivity contribution in [2.45, 2.75) is 38.3 Å². The summed E-state index contributed by atoms with van der Waals surface area (Å²) in [7, 11) is 3.71. The third-order valence-corrected chi connectivity index (χ3v) is 4.66. The zero-order valence-electron chi connectivity index (χ0n) is 14.5. The normalized spacial score (nSPS) is 17.7. The van der Waals surface area contributed by atoms with Crippen LogP contribution in [0.2, 0.25) is 0 Å². The molecule has 1 atom stereocenters. The highest BCUT2D eigenvalue weighted by molar-refractivity contribution is 5.80. The molecule has 0 bridgehead atoms. The van der Waals surface area contributed by atoms with Gasteiger partial charge in [0, 0.05) is 29.6 Å². The smallest absolute Gasteiger partial charge is 0.252 e. The first-order chi connectivity index (χ1) is 11.7. The number of ether oxygens (including phenoxy) is 2. The highest BCUT2D eigenvalue weighted by Crippen LogP contribution is 2.19. The molecular weight excluding hydrogens is 304 g/mol. The van der Waals surface area contributed by atoms with Crippen molar-refractivity contribution < 1.29 is 9.47 Å². The number of benzene rings is 1. The molecule has 0 radical (unpaired) electrons. The van der Waals surface area contributed by atoms with Gasteiger partial charge in [-0.05, 0) is 63.5 Å². The molecule has 2 heterocycles. The number of nitrogens with one attached hydrogen (secondary N) is 1. The number of hydrogen-bond donors (Lipinski definition) is 1. The summed E-state index contributed by atoms with van der Waals surface area (Å²) in [5, 5.41) is 0.997. The van der Waals surface area contributed by atoms with Crippen LogP contribution < -0.4 is 10.3 Å². The van der Waals surface area contributed by atoms with Gasteiger partial charge in [0.15, 0.2) is 0 Å². The van der Waals surface area contributed by atoms with Crippen LogP contribution in [-0.2, 0) is 11.3 Å². The summed E-state index contributed by atoms with van der Waals surface area (Å²) in [6.07, 6.45) is 5.03. The van der Waals surface area contributed by atoms with Crippen LogP contribution in [0.1, 0.15) is 31.2 Å². The minimum atomic E-state index is -0.0151. The Morgan fingerprint density at radius 3 is 3.00 bits per heavy atom. The van der Waals surface area contributed by atoms with Gasteiger partial charge in [-0.1, -0.05) is 0 Å². The van der Waals surface area contributed by atoms with Gasteiger partial charge >= 0.3 is 0 Å². The minimum absolute atomic E-state index is 0.0151.